The molecule has 2 heterocycles. The van der Waals surface area contributed by atoms with E-state index in [4.69, 9.17) is 11.6 Å². The fourth-order valence-electron chi connectivity index (χ4n) is 2.55. The highest BCUT2D eigenvalue weighted by Crippen LogP contribution is 2.30. The van der Waals surface area contributed by atoms with Crippen molar-refractivity contribution >= 4 is 11.6 Å². The van der Waals surface area contributed by atoms with Gasteiger partial charge in [0.1, 0.15) is 16.7 Å². The van der Waals surface area contributed by atoms with E-state index < -0.39 is 11.7 Å². The summed E-state index contributed by atoms with van der Waals surface area (Å²) in [7, 11) is 0. The minimum Gasteiger partial charge on any atom is -0.300 e. The van der Waals surface area contributed by atoms with Crippen LogP contribution in [-0.4, -0.2) is 14.5 Å². The van der Waals surface area contributed by atoms with Gasteiger partial charge in [0.2, 0.25) is 0 Å². The molecule has 0 spiro atoms. The van der Waals surface area contributed by atoms with Gasteiger partial charge in [0, 0.05) is 17.4 Å². The number of nitrogens with zero attached hydrogens (tertiary/aromatic N) is 3. The number of hydrogen-bond donors (Lipinski definition) is 0. The van der Waals surface area contributed by atoms with Gasteiger partial charge in [0.05, 0.1) is 11.3 Å². The molecule has 3 nitrogen and oxygen atoms in total. The Morgan fingerprint density at radius 3 is 2.35 bits per heavy atom. The van der Waals surface area contributed by atoms with Crippen LogP contribution in [-0.2, 0) is 6.18 Å². The number of aromatic nitrogens is 3. The van der Waals surface area contributed by atoms with Crippen LogP contribution in [0.25, 0.3) is 5.69 Å². The Hall–Kier alpha value is -2.78. The first-order valence-corrected chi connectivity index (χ1v) is 8.00. The van der Waals surface area contributed by atoms with Crippen LogP contribution in [0.1, 0.15) is 28.3 Å². The van der Waals surface area contributed by atoms with Crippen LogP contribution in [0, 0.1) is 25.7 Å². The van der Waals surface area contributed by atoms with Crippen molar-refractivity contribution in [1.29, 1.82) is 0 Å². The third-order valence-electron chi connectivity index (χ3n) is 3.78. The van der Waals surface area contributed by atoms with E-state index in [-0.39, 0.29) is 0 Å². The van der Waals surface area contributed by atoms with Crippen molar-refractivity contribution in [2.45, 2.75) is 20.0 Å². The molecule has 0 aliphatic rings. The summed E-state index contributed by atoms with van der Waals surface area (Å²) in [6.07, 6.45) is -2.80. The lowest BCUT2D eigenvalue weighted by Gasteiger charge is -2.10. The van der Waals surface area contributed by atoms with Crippen LogP contribution in [0.3, 0.4) is 0 Å². The average Bonchev–Trinajstić information content (AvgIpc) is 2.86. The van der Waals surface area contributed by atoms with Crippen LogP contribution in [0.4, 0.5) is 13.2 Å². The predicted molar refractivity (Wildman–Crippen MR) is 93.3 cm³/mol. The van der Waals surface area contributed by atoms with E-state index in [2.05, 4.69) is 21.8 Å². The Balaban J connectivity index is 1.96. The molecule has 132 valence electrons. The molecule has 0 bridgehead atoms. The van der Waals surface area contributed by atoms with E-state index in [0.717, 1.165) is 17.8 Å². The molecule has 26 heavy (non-hydrogen) atoms. The zero-order valence-electron chi connectivity index (χ0n) is 13.9. The first-order valence-electron chi connectivity index (χ1n) is 7.63. The number of hydrogen-bond acceptors (Lipinski definition) is 2. The second kappa shape index (κ2) is 6.85. The molecule has 3 rings (SSSR count). The number of benzene rings is 1. The van der Waals surface area contributed by atoms with Crippen molar-refractivity contribution < 1.29 is 13.2 Å². The average molecular weight is 376 g/mol. The van der Waals surface area contributed by atoms with Crippen molar-refractivity contribution in [2.24, 2.45) is 0 Å². The van der Waals surface area contributed by atoms with E-state index in [9.17, 15) is 13.2 Å². The Bertz CT molecular complexity index is 1010. The molecule has 0 atom stereocenters. The lowest BCUT2D eigenvalue weighted by Crippen LogP contribution is -2.06. The third-order valence-corrected chi connectivity index (χ3v) is 3.99. The number of imidazole rings is 1. The van der Waals surface area contributed by atoms with Crippen molar-refractivity contribution in [2.75, 3.05) is 0 Å². The molecular formula is C19H13ClF3N3. The maximum atomic E-state index is 12.7. The minimum absolute atomic E-state index is 0.347. The second-order valence-electron chi connectivity index (χ2n) is 5.59. The second-order valence-corrected chi connectivity index (χ2v) is 5.98. The summed E-state index contributed by atoms with van der Waals surface area (Å²) < 4.78 is 39.9. The van der Waals surface area contributed by atoms with Gasteiger partial charge < -0.3 is 0 Å². The SMILES string of the molecule is Cc1nc(C#Cc2ccnc(Cl)c2)c(C)n1-c1ccc(C(F)(F)F)cc1. The summed E-state index contributed by atoms with van der Waals surface area (Å²) in [6, 6.07) is 8.32. The first-order chi connectivity index (χ1) is 12.3. The van der Waals surface area contributed by atoms with Gasteiger partial charge >= 0.3 is 6.18 Å². The summed E-state index contributed by atoms with van der Waals surface area (Å²) >= 11 is 5.83. The van der Waals surface area contributed by atoms with E-state index in [1.54, 1.807) is 29.8 Å². The molecule has 0 aliphatic carbocycles. The highest BCUT2D eigenvalue weighted by atomic mass is 35.5. The van der Waals surface area contributed by atoms with Crippen molar-refractivity contribution in [3.63, 3.8) is 0 Å². The van der Waals surface area contributed by atoms with E-state index in [1.807, 2.05) is 6.92 Å². The van der Waals surface area contributed by atoms with Gasteiger partial charge in [-0.25, -0.2) is 9.97 Å². The summed E-state index contributed by atoms with van der Waals surface area (Å²) in [5, 5.41) is 0.347. The summed E-state index contributed by atoms with van der Waals surface area (Å²) in [5.41, 5.74) is 1.91. The fraction of sp³-hybridized carbons (Fsp3) is 0.158. The zero-order valence-corrected chi connectivity index (χ0v) is 14.7. The van der Waals surface area contributed by atoms with E-state index in [1.165, 1.54) is 12.1 Å². The van der Waals surface area contributed by atoms with Gasteiger partial charge in [-0.2, -0.15) is 13.2 Å². The van der Waals surface area contributed by atoms with Gasteiger partial charge in [0.25, 0.3) is 0 Å². The fourth-order valence-corrected chi connectivity index (χ4v) is 2.73. The standard InChI is InChI=1S/C19H13ClF3N3/c1-12-17(8-3-14-9-10-24-18(20)11-14)25-13(2)26(12)16-6-4-15(5-7-16)19(21,22)23/h4-7,9-11H,1-2H3. The normalized spacial score (nSPS) is 11.2. The molecular weight excluding hydrogens is 363 g/mol. The predicted octanol–water partition coefficient (Wildman–Crippen LogP) is 4.96. The lowest BCUT2D eigenvalue weighted by molar-refractivity contribution is -0.137. The molecule has 2 aromatic heterocycles. The molecule has 0 saturated heterocycles. The largest absolute Gasteiger partial charge is 0.416 e. The van der Waals surface area contributed by atoms with Crippen LogP contribution >= 0.6 is 11.6 Å². The quantitative estimate of drug-likeness (QED) is 0.445. The zero-order chi connectivity index (χ0) is 18.9. The van der Waals surface area contributed by atoms with Crippen molar-refractivity contribution in [3.05, 3.63) is 76.1 Å². The van der Waals surface area contributed by atoms with Gasteiger partial charge in [0.15, 0.2) is 0 Å². The maximum absolute atomic E-state index is 12.7. The first kappa shape index (κ1) is 18.0. The molecule has 0 amide bonds. The summed E-state index contributed by atoms with van der Waals surface area (Å²) in [6.45, 7) is 3.60. The van der Waals surface area contributed by atoms with Crippen molar-refractivity contribution in [3.8, 4) is 17.5 Å². The monoisotopic (exact) mass is 375 g/mol. The van der Waals surface area contributed by atoms with E-state index >= 15 is 0 Å². The lowest BCUT2D eigenvalue weighted by atomic mass is 10.2. The Morgan fingerprint density at radius 1 is 1.04 bits per heavy atom. The maximum Gasteiger partial charge on any atom is 0.416 e. The van der Waals surface area contributed by atoms with Gasteiger partial charge in [-0.3, -0.25) is 4.57 Å². The molecule has 0 aliphatic heterocycles. The summed E-state index contributed by atoms with van der Waals surface area (Å²) in [5.74, 6) is 6.58. The topological polar surface area (TPSA) is 30.7 Å². The number of halogens is 4. The van der Waals surface area contributed by atoms with Gasteiger partial charge in [-0.15, -0.1) is 0 Å². The highest BCUT2D eigenvalue weighted by Gasteiger charge is 2.30. The molecule has 0 unspecified atom stereocenters. The van der Waals surface area contributed by atoms with Gasteiger partial charge in [-0.05, 0) is 56.2 Å². The Kier molecular flexibility index (Phi) is 4.75. The molecule has 0 fully saturated rings. The summed E-state index contributed by atoms with van der Waals surface area (Å²) in [4.78, 5) is 8.31. The van der Waals surface area contributed by atoms with Crippen molar-refractivity contribution in [1.82, 2.24) is 14.5 Å². The molecule has 7 heteroatoms. The third kappa shape index (κ3) is 3.73. The van der Waals surface area contributed by atoms with Crippen LogP contribution in [0.5, 0.6) is 0 Å². The van der Waals surface area contributed by atoms with E-state index in [0.29, 0.717) is 27.9 Å². The Morgan fingerprint density at radius 2 is 1.73 bits per heavy atom. The molecule has 0 saturated carbocycles. The molecule has 3 aromatic rings. The minimum atomic E-state index is -4.36. The molecule has 1 aromatic carbocycles. The molecule has 0 N–H and O–H groups in total. The number of aryl methyl sites for hydroxylation is 1. The van der Waals surface area contributed by atoms with Crippen LogP contribution in [0.2, 0.25) is 5.15 Å². The van der Waals surface area contributed by atoms with Crippen LogP contribution in [0.15, 0.2) is 42.6 Å². The number of rotatable bonds is 1. The highest BCUT2D eigenvalue weighted by molar-refractivity contribution is 6.29. The smallest absolute Gasteiger partial charge is 0.300 e. The van der Waals surface area contributed by atoms with Crippen LogP contribution < -0.4 is 0 Å². The number of pyridine rings is 1. The Labute approximate surface area is 153 Å². The number of alkyl halides is 3. The molecule has 0 radical (unpaired) electrons. The van der Waals surface area contributed by atoms with Gasteiger partial charge in [-0.1, -0.05) is 17.5 Å².